The molecule has 1 aromatic heterocycles. The van der Waals surface area contributed by atoms with E-state index in [9.17, 15) is 4.39 Å². The van der Waals surface area contributed by atoms with Crippen molar-refractivity contribution in [3.8, 4) is 0 Å². The zero-order valence-electron chi connectivity index (χ0n) is 8.66. The highest BCUT2D eigenvalue weighted by atomic mass is 19.1. The Kier molecular flexibility index (Phi) is 2.41. The smallest absolute Gasteiger partial charge is 0.126 e. The van der Waals surface area contributed by atoms with Gasteiger partial charge in [-0.25, -0.2) is 4.39 Å². The van der Waals surface area contributed by atoms with Crippen LogP contribution in [0.1, 0.15) is 5.56 Å². The number of nitrogens with one attached hydrogen (secondary N) is 1. The molecule has 0 amide bonds. The molecule has 0 atom stereocenters. The number of nitrogens with zero attached hydrogens (tertiary/aromatic N) is 2. The molecule has 15 heavy (non-hydrogen) atoms. The lowest BCUT2D eigenvalue weighted by atomic mass is 10.2. The van der Waals surface area contributed by atoms with E-state index in [2.05, 4.69) is 10.4 Å². The lowest BCUT2D eigenvalue weighted by Gasteiger charge is -2.04. The maximum absolute atomic E-state index is 13.0. The molecule has 1 aromatic carbocycles. The highest BCUT2D eigenvalue weighted by Crippen LogP contribution is 2.18. The molecule has 0 aliphatic rings. The number of hydrogen-bond donors (Lipinski definition) is 1. The molecule has 4 heteroatoms. The number of hydrogen-bond acceptors (Lipinski definition) is 2. The second kappa shape index (κ2) is 3.73. The van der Waals surface area contributed by atoms with Gasteiger partial charge in [-0.1, -0.05) is 0 Å². The highest BCUT2D eigenvalue weighted by molar-refractivity contribution is 5.58. The first kappa shape index (κ1) is 9.71. The first-order valence-electron chi connectivity index (χ1n) is 4.67. The molecule has 2 aromatic rings. The molecule has 0 fully saturated rings. The van der Waals surface area contributed by atoms with Gasteiger partial charge in [-0.3, -0.25) is 4.68 Å². The maximum Gasteiger partial charge on any atom is 0.126 e. The Morgan fingerprint density at radius 3 is 2.73 bits per heavy atom. The van der Waals surface area contributed by atoms with Gasteiger partial charge in [0.05, 0.1) is 11.9 Å². The molecule has 0 spiro atoms. The van der Waals surface area contributed by atoms with E-state index in [0.717, 1.165) is 11.4 Å². The molecule has 1 N–H and O–H groups in total. The zero-order chi connectivity index (χ0) is 10.8. The van der Waals surface area contributed by atoms with E-state index in [0.29, 0.717) is 5.56 Å². The number of benzene rings is 1. The van der Waals surface area contributed by atoms with Crippen molar-refractivity contribution >= 4 is 11.4 Å². The molecule has 0 saturated carbocycles. The summed E-state index contributed by atoms with van der Waals surface area (Å²) < 4.78 is 14.7. The molecule has 2 rings (SSSR count). The minimum absolute atomic E-state index is 0.188. The van der Waals surface area contributed by atoms with Crippen LogP contribution in [0.3, 0.4) is 0 Å². The van der Waals surface area contributed by atoms with Crippen molar-refractivity contribution in [2.24, 2.45) is 7.05 Å². The predicted octanol–water partition coefficient (Wildman–Crippen LogP) is 2.61. The third-order valence-corrected chi connectivity index (χ3v) is 2.15. The number of halogens is 1. The average Bonchev–Trinajstić information content (AvgIpc) is 2.58. The monoisotopic (exact) mass is 205 g/mol. The summed E-state index contributed by atoms with van der Waals surface area (Å²) in [7, 11) is 1.85. The molecule has 0 aliphatic carbocycles. The second-order valence-electron chi connectivity index (χ2n) is 3.49. The van der Waals surface area contributed by atoms with Gasteiger partial charge in [0.2, 0.25) is 0 Å². The van der Waals surface area contributed by atoms with E-state index in [1.165, 1.54) is 6.07 Å². The number of aromatic nitrogens is 2. The largest absolute Gasteiger partial charge is 0.353 e. The Balaban J connectivity index is 2.21. The molecule has 0 radical (unpaired) electrons. The highest BCUT2D eigenvalue weighted by Gasteiger charge is 2.00. The summed E-state index contributed by atoms with van der Waals surface area (Å²) >= 11 is 0. The van der Waals surface area contributed by atoms with Gasteiger partial charge in [0.15, 0.2) is 0 Å². The molecule has 0 unspecified atom stereocenters. The van der Waals surface area contributed by atoms with E-state index >= 15 is 0 Å². The second-order valence-corrected chi connectivity index (χ2v) is 3.49. The van der Waals surface area contributed by atoms with Gasteiger partial charge in [-0.2, -0.15) is 5.10 Å². The lowest BCUT2D eigenvalue weighted by molar-refractivity contribution is 0.619. The van der Waals surface area contributed by atoms with E-state index < -0.39 is 0 Å². The van der Waals surface area contributed by atoms with Crippen LogP contribution in [0.4, 0.5) is 15.8 Å². The van der Waals surface area contributed by atoms with Gasteiger partial charge >= 0.3 is 0 Å². The quantitative estimate of drug-likeness (QED) is 0.816. The summed E-state index contributed by atoms with van der Waals surface area (Å²) in [6.45, 7) is 1.74. The number of anilines is 2. The Bertz CT molecular complexity index is 476. The van der Waals surface area contributed by atoms with Crippen LogP contribution in [0.5, 0.6) is 0 Å². The molecule has 0 aliphatic heterocycles. The SMILES string of the molecule is Cc1cc(Nc2cnn(C)c2)ccc1F. The van der Waals surface area contributed by atoms with Gasteiger partial charge in [0, 0.05) is 18.9 Å². The van der Waals surface area contributed by atoms with E-state index in [4.69, 9.17) is 0 Å². The fraction of sp³-hybridized carbons (Fsp3) is 0.182. The van der Waals surface area contributed by atoms with Gasteiger partial charge < -0.3 is 5.32 Å². The summed E-state index contributed by atoms with van der Waals surface area (Å²) in [5.41, 5.74) is 2.38. The Labute approximate surface area is 87.5 Å². The third-order valence-electron chi connectivity index (χ3n) is 2.15. The fourth-order valence-corrected chi connectivity index (χ4v) is 1.37. The average molecular weight is 205 g/mol. The first-order valence-corrected chi connectivity index (χ1v) is 4.67. The summed E-state index contributed by atoms with van der Waals surface area (Å²) in [5, 5.41) is 7.18. The molecule has 1 heterocycles. The van der Waals surface area contributed by atoms with Crippen molar-refractivity contribution in [1.29, 1.82) is 0 Å². The topological polar surface area (TPSA) is 29.9 Å². The van der Waals surface area contributed by atoms with Gasteiger partial charge in [-0.05, 0) is 30.7 Å². The van der Waals surface area contributed by atoms with Crippen molar-refractivity contribution in [3.05, 3.63) is 42.0 Å². The Morgan fingerprint density at radius 1 is 1.33 bits per heavy atom. The van der Waals surface area contributed by atoms with Crippen molar-refractivity contribution in [1.82, 2.24) is 9.78 Å². The van der Waals surface area contributed by atoms with Crippen LogP contribution in [-0.4, -0.2) is 9.78 Å². The molecular weight excluding hydrogens is 193 g/mol. The number of rotatable bonds is 2. The van der Waals surface area contributed by atoms with E-state index in [1.807, 2.05) is 13.2 Å². The standard InChI is InChI=1S/C11H12FN3/c1-8-5-9(3-4-11(8)12)14-10-6-13-15(2)7-10/h3-7,14H,1-2H3. The molecule has 0 saturated heterocycles. The van der Waals surface area contributed by atoms with E-state index in [-0.39, 0.29) is 5.82 Å². The summed E-state index contributed by atoms with van der Waals surface area (Å²) in [6, 6.07) is 4.92. The maximum atomic E-state index is 13.0. The summed E-state index contributed by atoms with van der Waals surface area (Å²) in [5.74, 6) is -0.188. The molecular formula is C11H12FN3. The lowest BCUT2D eigenvalue weighted by Crippen LogP contribution is -1.91. The Morgan fingerprint density at radius 2 is 2.13 bits per heavy atom. The van der Waals surface area contributed by atoms with Crippen LogP contribution in [0.25, 0.3) is 0 Å². The minimum Gasteiger partial charge on any atom is -0.353 e. The van der Waals surface area contributed by atoms with Crippen molar-refractivity contribution in [2.45, 2.75) is 6.92 Å². The van der Waals surface area contributed by atoms with Crippen molar-refractivity contribution in [2.75, 3.05) is 5.32 Å². The predicted molar refractivity (Wildman–Crippen MR) is 57.6 cm³/mol. The van der Waals surface area contributed by atoms with Crippen LogP contribution in [0.2, 0.25) is 0 Å². The van der Waals surface area contributed by atoms with Crippen molar-refractivity contribution in [3.63, 3.8) is 0 Å². The summed E-state index contributed by atoms with van der Waals surface area (Å²) in [6.07, 6.45) is 3.58. The van der Waals surface area contributed by atoms with Crippen LogP contribution in [0, 0.1) is 12.7 Å². The third kappa shape index (κ3) is 2.15. The van der Waals surface area contributed by atoms with Crippen LogP contribution >= 0.6 is 0 Å². The normalized spacial score (nSPS) is 10.3. The fourth-order valence-electron chi connectivity index (χ4n) is 1.37. The van der Waals surface area contributed by atoms with Crippen LogP contribution in [0.15, 0.2) is 30.6 Å². The zero-order valence-corrected chi connectivity index (χ0v) is 8.66. The van der Waals surface area contributed by atoms with Crippen LogP contribution < -0.4 is 5.32 Å². The first-order chi connectivity index (χ1) is 7.15. The number of aryl methyl sites for hydroxylation is 2. The minimum atomic E-state index is -0.188. The molecule has 3 nitrogen and oxygen atoms in total. The van der Waals surface area contributed by atoms with Gasteiger partial charge in [0.25, 0.3) is 0 Å². The Hall–Kier alpha value is -1.84. The molecule has 78 valence electrons. The van der Waals surface area contributed by atoms with E-state index in [1.54, 1.807) is 29.9 Å². The molecule has 0 bridgehead atoms. The van der Waals surface area contributed by atoms with Crippen molar-refractivity contribution < 1.29 is 4.39 Å². The summed E-state index contributed by atoms with van der Waals surface area (Å²) in [4.78, 5) is 0. The van der Waals surface area contributed by atoms with Gasteiger partial charge in [-0.15, -0.1) is 0 Å². The van der Waals surface area contributed by atoms with Gasteiger partial charge in [0.1, 0.15) is 5.82 Å². The van der Waals surface area contributed by atoms with Crippen LogP contribution in [-0.2, 0) is 7.05 Å².